The van der Waals surface area contributed by atoms with Crippen LogP contribution in [0, 0.1) is 0 Å². The molecule has 0 aromatic heterocycles. The highest BCUT2D eigenvalue weighted by Gasteiger charge is 2.23. The van der Waals surface area contributed by atoms with Gasteiger partial charge in [-0.05, 0) is 35.9 Å². The highest BCUT2D eigenvalue weighted by atomic mass is 32.1. The quantitative estimate of drug-likeness (QED) is 0.218. The molecule has 8 heteroatoms. The number of carboxylic acid groups (broad SMARTS) is 1. The molecule has 2 aromatic carbocycles. The van der Waals surface area contributed by atoms with Crippen LogP contribution in [-0.4, -0.2) is 57.5 Å². The molecule has 2 aromatic rings. The van der Waals surface area contributed by atoms with Crippen molar-refractivity contribution < 1.29 is 19.1 Å². The van der Waals surface area contributed by atoms with Crippen LogP contribution in [-0.2, 0) is 0 Å². The molecule has 0 saturated carbocycles. The van der Waals surface area contributed by atoms with Crippen molar-refractivity contribution in [2.45, 2.75) is 0 Å². The van der Waals surface area contributed by atoms with Gasteiger partial charge in [-0.25, -0.2) is 9.37 Å². The van der Waals surface area contributed by atoms with Gasteiger partial charge in [0.05, 0.1) is 11.6 Å². The number of carbonyl (C=O) groups excluding carboxylic acids is 1. The first-order valence-electron chi connectivity index (χ1n) is 11.2. The Hall–Kier alpha value is -3.78. The molecular weight excluding hydrogens is 462 g/mol. The Morgan fingerprint density at radius 2 is 1.77 bits per heavy atom. The smallest absolute Gasteiger partial charge is 0.336 e. The van der Waals surface area contributed by atoms with Crippen molar-refractivity contribution in [3.8, 4) is 22.5 Å². The number of anilines is 1. The summed E-state index contributed by atoms with van der Waals surface area (Å²) in [5.41, 5.74) is 3.99. The minimum Gasteiger partial charge on any atom is -0.478 e. The van der Waals surface area contributed by atoms with Crippen molar-refractivity contribution in [3.63, 3.8) is 0 Å². The number of hydrogen-bond acceptors (Lipinski definition) is 5. The second-order valence-corrected chi connectivity index (χ2v) is 9.12. The summed E-state index contributed by atoms with van der Waals surface area (Å²) in [5, 5.41) is 14.6. The molecule has 0 saturated heterocycles. The molecule has 0 radical (unpaired) electrons. The van der Waals surface area contributed by atoms with E-state index in [1.165, 1.54) is 6.07 Å². The van der Waals surface area contributed by atoms with Crippen molar-refractivity contribution >= 4 is 41.2 Å². The highest BCUT2D eigenvalue weighted by molar-refractivity contribution is 7.80. The molecule has 7 nitrogen and oxygen atoms in total. The number of carboxylic acids is 1. The zero-order chi connectivity index (χ0) is 25.3. The van der Waals surface area contributed by atoms with Gasteiger partial charge in [0.15, 0.2) is 0 Å². The SMILES string of the molecule is CN(C)c1ccc2c(-c3ccc(C(=O)NCCS)cc3C(=O)O)c3ccc(=[N+](C)C)cc-3oc2c1. The number of benzene rings is 3. The minimum atomic E-state index is -1.11. The first-order chi connectivity index (χ1) is 16.7. The van der Waals surface area contributed by atoms with E-state index in [2.05, 4.69) is 17.9 Å². The van der Waals surface area contributed by atoms with Crippen LogP contribution in [0.2, 0.25) is 0 Å². The van der Waals surface area contributed by atoms with Crippen molar-refractivity contribution in [1.82, 2.24) is 9.89 Å². The molecule has 0 unspecified atom stereocenters. The lowest BCUT2D eigenvalue weighted by Crippen LogP contribution is -2.25. The minimum absolute atomic E-state index is 0.0469. The van der Waals surface area contributed by atoms with E-state index in [4.69, 9.17) is 4.42 Å². The zero-order valence-electron chi connectivity index (χ0n) is 20.1. The van der Waals surface area contributed by atoms with Crippen LogP contribution >= 0.6 is 12.6 Å². The number of fused-ring (bicyclic) bond motifs is 2. The van der Waals surface area contributed by atoms with Crippen molar-refractivity contribution in [3.05, 3.63) is 71.1 Å². The number of thiol groups is 1. The summed E-state index contributed by atoms with van der Waals surface area (Å²) in [4.78, 5) is 26.8. The maximum atomic E-state index is 12.5. The predicted molar refractivity (Wildman–Crippen MR) is 143 cm³/mol. The average Bonchev–Trinajstić information content (AvgIpc) is 2.84. The third-order valence-corrected chi connectivity index (χ3v) is 6.12. The first-order valence-corrected chi connectivity index (χ1v) is 11.8. The van der Waals surface area contributed by atoms with Crippen molar-refractivity contribution in [2.24, 2.45) is 0 Å². The molecule has 0 fully saturated rings. The fourth-order valence-electron chi connectivity index (χ4n) is 4.07. The summed E-state index contributed by atoms with van der Waals surface area (Å²) < 4.78 is 8.31. The van der Waals surface area contributed by atoms with Gasteiger partial charge in [-0.3, -0.25) is 4.79 Å². The highest BCUT2D eigenvalue weighted by Crippen LogP contribution is 2.42. The molecular formula is C27H28N3O4S+. The molecule has 180 valence electrons. The average molecular weight is 491 g/mol. The monoisotopic (exact) mass is 490 g/mol. The van der Waals surface area contributed by atoms with Crippen molar-refractivity contribution in [1.29, 1.82) is 0 Å². The Morgan fingerprint density at radius 1 is 1.03 bits per heavy atom. The Labute approximate surface area is 209 Å². The largest absolute Gasteiger partial charge is 0.478 e. The number of nitrogens with zero attached hydrogens (tertiary/aromatic N) is 2. The van der Waals surface area contributed by atoms with E-state index in [1.807, 2.05) is 74.1 Å². The lowest BCUT2D eigenvalue weighted by molar-refractivity contribution is 0.0697. The van der Waals surface area contributed by atoms with Gasteiger partial charge >= 0.3 is 5.97 Å². The maximum absolute atomic E-state index is 12.5. The Bertz CT molecular complexity index is 1490. The Kier molecular flexibility index (Phi) is 6.84. The van der Waals surface area contributed by atoms with Gasteiger partial charge in [-0.2, -0.15) is 12.6 Å². The number of carbonyl (C=O) groups is 2. The van der Waals surface area contributed by atoms with Crippen LogP contribution in [0.25, 0.3) is 33.4 Å². The molecule has 0 spiro atoms. The van der Waals surface area contributed by atoms with Crippen LogP contribution in [0.15, 0.2) is 59.0 Å². The molecule has 35 heavy (non-hydrogen) atoms. The lowest BCUT2D eigenvalue weighted by Gasteiger charge is -2.19. The third-order valence-electron chi connectivity index (χ3n) is 5.90. The first kappa shape index (κ1) is 24.3. The molecule has 4 rings (SSSR count). The van der Waals surface area contributed by atoms with E-state index in [1.54, 1.807) is 12.1 Å². The van der Waals surface area contributed by atoms with Gasteiger partial charge in [-0.1, -0.05) is 6.07 Å². The molecule has 1 aliphatic carbocycles. The van der Waals surface area contributed by atoms with E-state index in [9.17, 15) is 14.7 Å². The zero-order valence-corrected chi connectivity index (χ0v) is 21.0. The van der Waals surface area contributed by atoms with Gasteiger partial charge in [0.1, 0.15) is 25.4 Å². The molecule has 2 N–H and O–H groups in total. The number of nitrogens with one attached hydrogen (secondary N) is 1. The summed E-state index contributed by atoms with van der Waals surface area (Å²) in [7, 11) is 7.81. The van der Waals surface area contributed by atoms with E-state index in [0.717, 1.165) is 27.6 Å². The summed E-state index contributed by atoms with van der Waals surface area (Å²) in [6.07, 6.45) is 0. The lowest BCUT2D eigenvalue weighted by atomic mass is 9.89. The predicted octanol–water partition coefficient (Wildman–Crippen LogP) is 3.66. The number of hydrogen-bond donors (Lipinski definition) is 3. The summed E-state index contributed by atoms with van der Waals surface area (Å²) in [6, 6.07) is 16.5. The third kappa shape index (κ3) is 4.74. The number of amides is 1. The molecule has 1 aliphatic heterocycles. The Morgan fingerprint density at radius 3 is 2.43 bits per heavy atom. The Balaban J connectivity index is 2.06. The standard InChI is InChI=1S/C27H27N3O4S/c1-29(2)17-6-9-20-23(14-17)34-24-15-18(30(3)4)7-10-21(24)25(20)19-8-5-16(13-22(19)27(32)33)26(31)28-11-12-35/h5-10,13-15H,11-12H2,1-4H3,(H2-,28,31,32,33,35)/p+1. The molecule has 2 aliphatic rings. The molecule has 0 atom stereocenters. The molecule has 1 amide bonds. The second-order valence-electron chi connectivity index (χ2n) is 8.67. The van der Waals surface area contributed by atoms with Gasteiger partial charge in [-0.15, -0.1) is 0 Å². The van der Waals surface area contributed by atoms with E-state index in [0.29, 0.717) is 29.2 Å². The topological polar surface area (TPSA) is 85.8 Å². The van der Waals surface area contributed by atoms with E-state index in [-0.39, 0.29) is 17.0 Å². The fraction of sp³-hybridized carbons (Fsp3) is 0.222. The van der Waals surface area contributed by atoms with Gasteiger partial charge in [0.2, 0.25) is 5.36 Å². The van der Waals surface area contributed by atoms with Gasteiger partial charge in [0, 0.05) is 66.3 Å². The second kappa shape index (κ2) is 9.84. The van der Waals surface area contributed by atoms with E-state index < -0.39 is 5.97 Å². The molecule has 0 bridgehead atoms. The van der Waals surface area contributed by atoms with Gasteiger partial charge in [0.25, 0.3) is 5.91 Å². The van der Waals surface area contributed by atoms with Gasteiger partial charge < -0.3 is 19.7 Å². The number of aromatic carboxylic acids is 1. The summed E-state index contributed by atoms with van der Waals surface area (Å²) in [5.74, 6) is -0.315. The van der Waals surface area contributed by atoms with Crippen LogP contribution in [0.1, 0.15) is 20.7 Å². The summed E-state index contributed by atoms with van der Waals surface area (Å²) >= 11 is 4.11. The van der Waals surface area contributed by atoms with Crippen LogP contribution in [0.4, 0.5) is 5.69 Å². The fourth-order valence-corrected chi connectivity index (χ4v) is 4.18. The van der Waals surface area contributed by atoms with Crippen LogP contribution < -0.4 is 20.1 Å². The maximum Gasteiger partial charge on any atom is 0.336 e. The normalized spacial score (nSPS) is 11.0. The summed E-state index contributed by atoms with van der Waals surface area (Å²) in [6.45, 7) is 0.393. The molecule has 1 heterocycles. The van der Waals surface area contributed by atoms with Crippen molar-refractivity contribution in [2.75, 3.05) is 45.4 Å². The van der Waals surface area contributed by atoms with E-state index >= 15 is 0 Å². The number of rotatable bonds is 6. The van der Waals surface area contributed by atoms with Crippen LogP contribution in [0.5, 0.6) is 0 Å². The van der Waals surface area contributed by atoms with Crippen LogP contribution in [0.3, 0.4) is 0 Å².